The summed E-state index contributed by atoms with van der Waals surface area (Å²) >= 11 is 0. The van der Waals surface area contributed by atoms with E-state index < -0.39 is 17.7 Å². The van der Waals surface area contributed by atoms with Gasteiger partial charge in [-0.25, -0.2) is 4.79 Å². The highest BCUT2D eigenvalue weighted by Gasteiger charge is 2.38. The first-order valence-electron chi connectivity index (χ1n) is 12.6. The van der Waals surface area contributed by atoms with E-state index in [0.29, 0.717) is 11.8 Å². The highest BCUT2D eigenvalue weighted by atomic mass is 16.6. The summed E-state index contributed by atoms with van der Waals surface area (Å²) in [7, 11) is 0. The molecule has 0 bridgehead atoms. The third kappa shape index (κ3) is 6.87. The second-order valence-electron chi connectivity index (χ2n) is 12.1. The first kappa shape index (κ1) is 26.3. The molecule has 2 aliphatic heterocycles. The molecule has 1 fully saturated rings. The Morgan fingerprint density at radius 2 is 1.82 bits per heavy atom. The van der Waals surface area contributed by atoms with Gasteiger partial charge in [-0.1, -0.05) is 33.8 Å². The summed E-state index contributed by atoms with van der Waals surface area (Å²) < 4.78 is 5.63. The zero-order valence-electron chi connectivity index (χ0n) is 22.0. The van der Waals surface area contributed by atoms with Crippen molar-refractivity contribution in [3.8, 4) is 5.75 Å². The molecule has 2 amide bonds. The van der Waals surface area contributed by atoms with Gasteiger partial charge in [-0.05, 0) is 81.3 Å². The maximum atomic E-state index is 13.6. The lowest BCUT2D eigenvalue weighted by Gasteiger charge is -2.40. The molecule has 0 radical (unpaired) electrons. The van der Waals surface area contributed by atoms with Gasteiger partial charge in [-0.15, -0.1) is 0 Å². The Balaban J connectivity index is 1.76. The van der Waals surface area contributed by atoms with Crippen molar-refractivity contribution < 1.29 is 19.4 Å². The summed E-state index contributed by atoms with van der Waals surface area (Å²) in [6.07, 6.45) is 2.19. The predicted octanol–water partition coefficient (Wildman–Crippen LogP) is 4.32. The maximum Gasteiger partial charge on any atom is 0.411 e. The first-order valence-corrected chi connectivity index (χ1v) is 12.6. The summed E-state index contributed by atoms with van der Waals surface area (Å²) in [6.45, 7) is 17.5. The van der Waals surface area contributed by atoms with E-state index >= 15 is 0 Å². The summed E-state index contributed by atoms with van der Waals surface area (Å²) in [4.78, 5) is 30.6. The molecule has 1 aromatic carbocycles. The number of fused-ring (bicyclic) bond motifs is 1. The number of carbonyl (C=O) groups excluding carboxylic acids is 2. The smallest absolute Gasteiger partial charge is 0.411 e. The molecule has 34 heavy (non-hydrogen) atoms. The van der Waals surface area contributed by atoms with Crippen LogP contribution in [-0.2, 0) is 22.5 Å². The molecule has 7 nitrogen and oxygen atoms in total. The van der Waals surface area contributed by atoms with Crippen molar-refractivity contribution in [3.05, 3.63) is 29.3 Å². The molecule has 7 heteroatoms. The van der Waals surface area contributed by atoms with Gasteiger partial charge in [0.25, 0.3) is 0 Å². The van der Waals surface area contributed by atoms with Crippen molar-refractivity contribution in [3.63, 3.8) is 0 Å². The molecule has 1 saturated heterocycles. The van der Waals surface area contributed by atoms with Crippen LogP contribution in [0.15, 0.2) is 18.2 Å². The monoisotopic (exact) mass is 473 g/mol. The van der Waals surface area contributed by atoms with E-state index in [1.165, 1.54) is 4.90 Å². The predicted molar refractivity (Wildman–Crippen MR) is 134 cm³/mol. The van der Waals surface area contributed by atoms with Crippen LogP contribution in [0, 0.1) is 11.3 Å². The Hall–Kier alpha value is -2.28. The number of benzene rings is 1. The van der Waals surface area contributed by atoms with Crippen molar-refractivity contribution in [2.45, 2.75) is 92.0 Å². The van der Waals surface area contributed by atoms with E-state index in [0.717, 1.165) is 43.6 Å². The van der Waals surface area contributed by atoms with Crippen molar-refractivity contribution in [1.82, 2.24) is 15.1 Å². The number of likely N-dealkylation sites (tertiary alicyclic amines) is 1. The zero-order chi connectivity index (χ0) is 25.3. The molecule has 0 aliphatic carbocycles. The molecule has 1 aromatic rings. The summed E-state index contributed by atoms with van der Waals surface area (Å²) in [6, 6.07) is 4.47. The van der Waals surface area contributed by atoms with E-state index in [1.807, 2.05) is 26.8 Å². The van der Waals surface area contributed by atoms with Crippen molar-refractivity contribution in [1.29, 1.82) is 0 Å². The second-order valence-corrected chi connectivity index (χ2v) is 12.1. The summed E-state index contributed by atoms with van der Waals surface area (Å²) in [5.41, 5.74) is 1.52. The SMILES string of the molecule is CC(C)[C@@H](CN1CCC(C)(C)CC1)NC(=O)[C@H]1Cc2ccc(O)cc2CN1C(=O)OC(C)(C)C. The third-order valence-electron chi connectivity index (χ3n) is 7.05. The number of nitrogens with zero attached hydrogens (tertiary/aromatic N) is 2. The number of rotatable bonds is 5. The van der Waals surface area contributed by atoms with E-state index in [9.17, 15) is 14.7 Å². The molecule has 2 heterocycles. The van der Waals surface area contributed by atoms with Crippen LogP contribution in [0.25, 0.3) is 0 Å². The lowest BCUT2D eigenvalue weighted by molar-refractivity contribution is -0.128. The lowest BCUT2D eigenvalue weighted by Crippen LogP contribution is -2.57. The number of hydrogen-bond acceptors (Lipinski definition) is 5. The Labute approximate surface area is 204 Å². The van der Waals surface area contributed by atoms with Gasteiger partial charge in [0.2, 0.25) is 5.91 Å². The number of hydrogen-bond donors (Lipinski definition) is 2. The van der Waals surface area contributed by atoms with Gasteiger partial charge in [-0.2, -0.15) is 0 Å². The summed E-state index contributed by atoms with van der Waals surface area (Å²) in [5, 5.41) is 13.2. The largest absolute Gasteiger partial charge is 0.508 e. The normalized spacial score (nSPS) is 21.6. The Bertz CT molecular complexity index is 880. The van der Waals surface area contributed by atoms with Crippen molar-refractivity contribution in [2.75, 3.05) is 19.6 Å². The average Bonchev–Trinajstić information content (AvgIpc) is 2.72. The Morgan fingerprint density at radius 1 is 1.18 bits per heavy atom. The molecule has 2 atom stereocenters. The number of ether oxygens (including phenoxy) is 1. The third-order valence-corrected chi connectivity index (χ3v) is 7.05. The van der Waals surface area contributed by atoms with Gasteiger partial charge in [0, 0.05) is 19.0 Å². The molecule has 2 N–H and O–H groups in total. The number of phenols is 1. The highest BCUT2D eigenvalue weighted by molar-refractivity contribution is 5.87. The van der Waals surface area contributed by atoms with Crippen molar-refractivity contribution in [2.24, 2.45) is 11.3 Å². The van der Waals surface area contributed by atoms with Gasteiger partial charge in [0.1, 0.15) is 17.4 Å². The highest BCUT2D eigenvalue weighted by Crippen LogP contribution is 2.31. The number of aromatic hydroxyl groups is 1. The Kier molecular flexibility index (Phi) is 7.85. The quantitative estimate of drug-likeness (QED) is 0.666. The lowest BCUT2D eigenvalue weighted by atomic mass is 9.82. The zero-order valence-corrected chi connectivity index (χ0v) is 22.0. The molecule has 190 valence electrons. The molecule has 0 aromatic heterocycles. The fourth-order valence-corrected chi connectivity index (χ4v) is 4.64. The van der Waals surface area contributed by atoms with E-state index in [1.54, 1.807) is 12.1 Å². The number of piperidine rings is 1. The van der Waals surface area contributed by atoms with Crippen LogP contribution in [0.2, 0.25) is 0 Å². The number of carbonyl (C=O) groups is 2. The minimum Gasteiger partial charge on any atom is -0.508 e. The van der Waals surface area contributed by atoms with Gasteiger partial charge in [-0.3, -0.25) is 9.69 Å². The van der Waals surface area contributed by atoms with Crippen LogP contribution in [-0.4, -0.2) is 64.2 Å². The molecule has 0 saturated carbocycles. The van der Waals surface area contributed by atoms with E-state index in [-0.39, 0.29) is 30.2 Å². The minimum atomic E-state index is -0.667. The van der Waals surface area contributed by atoms with Gasteiger partial charge in [0.05, 0.1) is 6.54 Å². The average molecular weight is 474 g/mol. The van der Waals surface area contributed by atoms with E-state index in [2.05, 4.69) is 37.9 Å². The van der Waals surface area contributed by atoms with Gasteiger partial charge in [0.15, 0.2) is 0 Å². The fourth-order valence-electron chi connectivity index (χ4n) is 4.64. The molecule has 0 unspecified atom stereocenters. The van der Waals surface area contributed by atoms with Gasteiger partial charge < -0.3 is 20.1 Å². The molecular formula is C27H43N3O4. The molecular weight excluding hydrogens is 430 g/mol. The standard InChI is InChI=1S/C27H43N3O4/c1-18(2)22(17-29-12-10-27(6,7)11-13-29)28-24(32)23-15-19-8-9-21(31)14-20(19)16-30(23)25(33)34-26(3,4)5/h8-9,14,18,22-23,31H,10-13,15-17H2,1-7H3,(H,28,32)/t22-,23-/m1/s1. The van der Waals surface area contributed by atoms with Crippen LogP contribution in [0.4, 0.5) is 4.79 Å². The fraction of sp³-hybridized carbons (Fsp3) is 0.704. The Morgan fingerprint density at radius 3 is 2.41 bits per heavy atom. The summed E-state index contributed by atoms with van der Waals surface area (Å²) in [5.74, 6) is 0.262. The van der Waals surface area contributed by atoms with Gasteiger partial charge >= 0.3 is 6.09 Å². The van der Waals surface area contributed by atoms with Crippen LogP contribution >= 0.6 is 0 Å². The first-order chi connectivity index (χ1) is 15.7. The van der Waals surface area contributed by atoms with Crippen molar-refractivity contribution >= 4 is 12.0 Å². The van der Waals surface area contributed by atoms with Crippen LogP contribution in [0.1, 0.15) is 72.4 Å². The minimum absolute atomic E-state index is 0.00425. The molecule has 0 spiro atoms. The molecule has 3 rings (SSSR count). The number of phenolic OH excluding ortho intramolecular Hbond substituents is 1. The number of nitrogens with one attached hydrogen (secondary N) is 1. The molecule has 2 aliphatic rings. The van der Waals surface area contributed by atoms with Crippen LogP contribution < -0.4 is 5.32 Å². The maximum absolute atomic E-state index is 13.6. The van der Waals surface area contributed by atoms with E-state index in [4.69, 9.17) is 4.74 Å². The van der Waals surface area contributed by atoms with Crippen LogP contribution in [0.5, 0.6) is 5.75 Å². The number of amides is 2. The second kappa shape index (κ2) is 10.1. The topological polar surface area (TPSA) is 82.1 Å². The van der Waals surface area contributed by atoms with Crippen LogP contribution in [0.3, 0.4) is 0 Å².